The van der Waals surface area contributed by atoms with Gasteiger partial charge in [0.2, 0.25) is 12.5 Å². The van der Waals surface area contributed by atoms with E-state index < -0.39 is 6.17 Å². The van der Waals surface area contributed by atoms with Gasteiger partial charge in [-0.1, -0.05) is 24.8 Å². The van der Waals surface area contributed by atoms with E-state index in [0.29, 0.717) is 62.2 Å². The lowest BCUT2D eigenvalue weighted by molar-refractivity contribution is -0.128. The second-order valence-electron chi connectivity index (χ2n) is 14.6. The van der Waals surface area contributed by atoms with Crippen molar-refractivity contribution < 1.29 is 18.7 Å². The topological polar surface area (TPSA) is 88.3 Å². The molecule has 5 atom stereocenters. The Kier molecular flexibility index (Phi) is 7.08. The SMILES string of the molecule is [C-]#[N+]C[C@H]1CN(c2nc(OC[C@@]34CCCN3C[C@H](F)C4)nc3c(OC4CC4)c(-c4cccc5c4C[C@@H]4C[C@H]54)ncc23)CCN1C(=O)C=C. The molecule has 248 valence electrons. The van der Waals surface area contributed by atoms with Gasteiger partial charge >= 0.3 is 6.01 Å². The van der Waals surface area contributed by atoms with Crippen LogP contribution in [0.3, 0.4) is 0 Å². The van der Waals surface area contributed by atoms with Crippen LogP contribution in [0.15, 0.2) is 37.1 Å². The molecule has 3 saturated heterocycles. The third-order valence-electron chi connectivity index (χ3n) is 11.5. The first-order valence-electron chi connectivity index (χ1n) is 17.5. The smallest absolute Gasteiger partial charge is 0.319 e. The molecule has 0 unspecified atom stereocenters. The summed E-state index contributed by atoms with van der Waals surface area (Å²) in [5.41, 5.74) is 5.00. The number of benzene rings is 1. The van der Waals surface area contributed by atoms with Crippen molar-refractivity contribution in [3.63, 3.8) is 0 Å². The molecule has 0 bridgehead atoms. The predicted octanol–water partition coefficient (Wildman–Crippen LogP) is 4.97. The number of hydrogen-bond acceptors (Lipinski definition) is 8. The average Bonchev–Trinajstić information content (AvgIpc) is 3.97. The summed E-state index contributed by atoms with van der Waals surface area (Å²) in [6, 6.07) is 6.45. The van der Waals surface area contributed by atoms with Crippen molar-refractivity contribution in [2.24, 2.45) is 5.92 Å². The number of nitrogens with zero attached hydrogens (tertiary/aromatic N) is 7. The van der Waals surface area contributed by atoms with E-state index in [1.54, 1.807) is 4.90 Å². The second-order valence-corrected chi connectivity index (χ2v) is 14.6. The van der Waals surface area contributed by atoms with E-state index in [9.17, 15) is 9.18 Å². The van der Waals surface area contributed by atoms with E-state index in [-0.39, 0.29) is 36.1 Å². The van der Waals surface area contributed by atoms with Crippen molar-refractivity contribution in [1.29, 1.82) is 0 Å². The minimum atomic E-state index is -0.859. The molecule has 6 aliphatic rings. The summed E-state index contributed by atoms with van der Waals surface area (Å²) in [5.74, 6) is 2.51. The Balaban J connectivity index is 1.16. The summed E-state index contributed by atoms with van der Waals surface area (Å²) in [6.07, 6.45) is 9.06. The highest BCUT2D eigenvalue weighted by Gasteiger charge is 2.50. The maximum Gasteiger partial charge on any atom is 0.319 e. The quantitative estimate of drug-likeness (QED) is 0.237. The lowest BCUT2D eigenvalue weighted by atomic mass is 9.95. The average molecular weight is 650 g/mol. The van der Waals surface area contributed by atoms with Gasteiger partial charge in [-0.25, -0.2) is 11.0 Å². The fourth-order valence-electron chi connectivity index (χ4n) is 8.87. The minimum absolute atomic E-state index is 0.103. The minimum Gasteiger partial charge on any atom is -0.486 e. The van der Waals surface area contributed by atoms with Gasteiger partial charge in [0.15, 0.2) is 5.75 Å². The standard InChI is InChI=1S/C37H40FN7O3/c1-3-31(46)45-13-12-43(20-24(45)17-39-2)35-30-18-40-32(27-7-4-6-26-28-14-22(28)15-29(26)27)34(48-25-8-9-25)33(30)41-36(42-35)47-21-37-10-5-11-44(37)19-23(38)16-37/h3-4,6-7,18,22-25,28H,1,5,8-17,19-21H2/t22-,23+,24-,28-,37-/m0/s1. The number of piperazine rings is 1. The molecule has 3 aliphatic carbocycles. The number of fused-ring (bicyclic) bond motifs is 5. The van der Waals surface area contributed by atoms with Gasteiger partial charge in [0, 0.05) is 44.4 Å². The maximum absolute atomic E-state index is 14.6. The highest BCUT2D eigenvalue weighted by atomic mass is 19.1. The Labute approximate surface area is 279 Å². The fourth-order valence-corrected chi connectivity index (χ4v) is 8.87. The van der Waals surface area contributed by atoms with Crippen molar-refractivity contribution >= 4 is 22.6 Å². The van der Waals surface area contributed by atoms with Gasteiger partial charge in [-0.3, -0.25) is 14.7 Å². The molecule has 5 fully saturated rings. The largest absolute Gasteiger partial charge is 0.486 e. The van der Waals surface area contributed by atoms with Gasteiger partial charge in [-0.05, 0) is 74.1 Å². The van der Waals surface area contributed by atoms with Gasteiger partial charge in [0.1, 0.15) is 35.8 Å². The van der Waals surface area contributed by atoms with Gasteiger partial charge in [-0.15, -0.1) is 0 Å². The van der Waals surface area contributed by atoms with Gasteiger partial charge in [-0.2, -0.15) is 9.97 Å². The van der Waals surface area contributed by atoms with Crippen LogP contribution in [0.25, 0.3) is 27.0 Å². The van der Waals surface area contributed by atoms with Crippen LogP contribution < -0.4 is 14.4 Å². The Morgan fingerprint density at radius 3 is 2.94 bits per heavy atom. The first-order valence-corrected chi connectivity index (χ1v) is 17.5. The Hall–Kier alpha value is -4.30. The van der Waals surface area contributed by atoms with Crippen LogP contribution in [0.5, 0.6) is 11.8 Å². The van der Waals surface area contributed by atoms with E-state index in [2.05, 4.69) is 39.4 Å². The van der Waals surface area contributed by atoms with E-state index in [1.807, 2.05) is 6.20 Å². The van der Waals surface area contributed by atoms with Gasteiger partial charge < -0.3 is 24.1 Å². The van der Waals surface area contributed by atoms with Crippen LogP contribution in [-0.2, 0) is 11.2 Å². The lowest BCUT2D eigenvalue weighted by Gasteiger charge is -2.39. The molecular formula is C37H40FN7O3. The number of hydrogen-bond donors (Lipinski definition) is 0. The molecule has 5 heterocycles. The maximum atomic E-state index is 14.6. The zero-order valence-corrected chi connectivity index (χ0v) is 27.1. The lowest BCUT2D eigenvalue weighted by Crippen LogP contribution is -2.56. The van der Waals surface area contributed by atoms with Crippen molar-refractivity contribution in [2.45, 2.75) is 74.7 Å². The van der Waals surface area contributed by atoms with E-state index in [4.69, 9.17) is 31.0 Å². The number of alkyl halides is 1. The van der Waals surface area contributed by atoms with Crippen molar-refractivity contribution in [3.8, 4) is 23.0 Å². The summed E-state index contributed by atoms with van der Waals surface area (Å²) in [7, 11) is 0. The van der Waals surface area contributed by atoms with Gasteiger partial charge in [0.05, 0.1) is 17.0 Å². The van der Waals surface area contributed by atoms with Crippen LogP contribution in [0.4, 0.5) is 10.2 Å². The normalized spacial score (nSPS) is 28.9. The Bertz CT molecular complexity index is 1860. The molecule has 48 heavy (non-hydrogen) atoms. The Morgan fingerprint density at radius 1 is 1.21 bits per heavy atom. The fraction of sp³-hybridized carbons (Fsp3) is 0.541. The van der Waals surface area contributed by atoms with Crippen LogP contribution in [-0.4, -0.2) is 100 Å². The molecule has 2 saturated carbocycles. The van der Waals surface area contributed by atoms with Crippen molar-refractivity contribution in [3.05, 3.63) is 59.6 Å². The highest BCUT2D eigenvalue weighted by Crippen LogP contribution is 2.58. The number of amides is 1. The summed E-state index contributed by atoms with van der Waals surface area (Å²) >= 11 is 0. The van der Waals surface area contributed by atoms with Crippen LogP contribution in [0.1, 0.15) is 55.6 Å². The third kappa shape index (κ3) is 4.99. The summed E-state index contributed by atoms with van der Waals surface area (Å²) in [6.45, 7) is 14.4. The zero-order valence-electron chi connectivity index (χ0n) is 27.1. The molecule has 3 aliphatic heterocycles. The number of rotatable bonds is 9. The van der Waals surface area contributed by atoms with E-state index in [0.717, 1.165) is 61.2 Å². The van der Waals surface area contributed by atoms with Crippen LogP contribution >= 0.6 is 0 Å². The van der Waals surface area contributed by atoms with E-state index in [1.165, 1.54) is 23.6 Å². The number of carbonyl (C=O) groups is 1. The van der Waals surface area contributed by atoms with Crippen LogP contribution in [0.2, 0.25) is 0 Å². The number of ether oxygens (including phenoxy) is 2. The molecule has 3 aromatic rings. The van der Waals surface area contributed by atoms with Crippen molar-refractivity contribution in [2.75, 3.05) is 50.8 Å². The highest BCUT2D eigenvalue weighted by molar-refractivity contribution is 5.97. The number of anilines is 1. The molecule has 0 N–H and O–H groups in total. The molecule has 10 nitrogen and oxygen atoms in total. The molecule has 1 amide bonds. The summed E-state index contributed by atoms with van der Waals surface area (Å²) in [5, 5.41) is 0.743. The summed E-state index contributed by atoms with van der Waals surface area (Å²) < 4.78 is 27.8. The zero-order chi connectivity index (χ0) is 32.6. The molecule has 2 aromatic heterocycles. The molecule has 0 radical (unpaired) electrons. The monoisotopic (exact) mass is 649 g/mol. The number of halogens is 1. The number of pyridine rings is 1. The second kappa shape index (κ2) is 11.4. The first kappa shape index (κ1) is 29.8. The number of aromatic nitrogens is 3. The molecular weight excluding hydrogens is 609 g/mol. The van der Waals surface area contributed by atoms with Crippen LogP contribution in [0, 0.1) is 12.5 Å². The third-order valence-corrected chi connectivity index (χ3v) is 11.5. The molecule has 11 heteroatoms. The Morgan fingerprint density at radius 2 is 2.10 bits per heavy atom. The molecule has 0 spiro atoms. The molecule has 1 aromatic carbocycles. The van der Waals surface area contributed by atoms with Crippen molar-refractivity contribution in [1.82, 2.24) is 24.8 Å². The molecule has 9 rings (SSSR count). The van der Waals surface area contributed by atoms with E-state index >= 15 is 0 Å². The summed E-state index contributed by atoms with van der Waals surface area (Å²) in [4.78, 5) is 37.6. The predicted molar refractivity (Wildman–Crippen MR) is 179 cm³/mol. The first-order chi connectivity index (χ1) is 23.4. The number of carbonyl (C=O) groups excluding carboxylic acids is 1. The van der Waals surface area contributed by atoms with Gasteiger partial charge in [0.25, 0.3) is 0 Å².